The van der Waals surface area contributed by atoms with Crippen molar-refractivity contribution in [1.29, 1.82) is 0 Å². The first-order valence-electron chi connectivity index (χ1n) is 7.46. The zero-order chi connectivity index (χ0) is 17.2. The maximum absolute atomic E-state index is 11.8. The Morgan fingerprint density at radius 1 is 1.12 bits per heavy atom. The second-order valence-electron chi connectivity index (χ2n) is 4.95. The standard InChI is InChI=1S/C17H20N2O5/c1-22-9-10-23-12-16(20)18-11-13-4-6-14(7-5-13)19-17(21)15-3-2-8-24-15/h2-8H,9-12H2,1H3,(H,18,20)(H,19,21). The Labute approximate surface area is 139 Å². The lowest BCUT2D eigenvalue weighted by Crippen LogP contribution is -2.27. The van der Waals surface area contributed by atoms with Crippen molar-refractivity contribution in [3.63, 3.8) is 0 Å². The minimum atomic E-state index is -0.311. The van der Waals surface area contributed by atoms with E-state index in [0.29, 0.717) is 25.4 Å². The van der Waals surface area contributed by atoms with Gasteiger partial charge in [0.05, 0.1) is 19.5 Å². The normalized spacial score (nSPS) is 10.4. The van der Waals surface area contributed by atoms with Crippen LogP contribution in [0.3, 0.4) is 0 Å². The molecule has 7 heteroatoms. The van der Waals surface area contributed by atoms with Gasteiger partial charge in [-0.05, 0) is 29.8 Å². The molecule has 0 saturated carbocycles. The summed E-state index contributed by atoms with van der Waals surface area (Å²) in [5.74, 6) is -0.254. The summed E-state index contributed by atoms with van der Waals surface area (Å²) >= 11 is 0. The molecule has 0 radical (unpaired) electrons. The van der Waals surface area contributed by atoms with Crippen LogP contribution in [0.4, 0.5) is 5.69 Å². The third-order valence-electron chi connectivity index (χ3n) is 3.11. The van der Waals surface area contributed by atoms with Gasteiger partial charge in [0.2, 0.25) is 5.91 Å². The number of carbonyl (C=O) groups excluding carboxylic acids is 2. The number of anilines is 1. The Kier molecular flexibility index (Phi) is 7.00. The van der Waals surface area contributed by atoms with Crippen LogP contribution in [0.5, 0.6) is 0 Å². The van der Waals surface area contributed by atoms with E-state index in [1.165, 1.54) is 6.26 Å². The highest BCUT2D eigenvalue weighted by Crippen LogP contribution is 2.11. The molecule has 0 saturated heterocycles. The average molecular weight is 332 g/mol. The van der Waals surface area contributed by atoms with Crippen LogP contribution < -0.4 is 10.6 Å². The van der Waals surface area contributed by atoms with Gasteiger partial charge in [-0.25, -0.2) is 0 Å². The minimum absolute atomic E-state index is 0.000643. The molecule has 1 aromatic carbocycles. The van der Waals surface area contributed by atoms with Crippen molar-refractivity contribution in [3.8, 4) is 0 Å². The number of furan rings is 1. The van der Waals surface area contributed by atoms with Crippen molar-refractivity contribution < 1.29 is 23.5 Å². The maximum Gasteiger partial charge on any atom is 0.291 e. The quantitative estimate of drug-likeness (QED) is 0.684. The Hall–Kier alpha value is -2.64. The molecule has 0 unspecified atom stereocenters. The topological polar surface area (TPSA) is 89.8 Å². The number of amides is 2. The Bertz CT molecular complexity index is 638. The first-order chi connectivity index (χ1) is 11.7. The molecule has 2 amide bonds. The summed E-state index contributed by atoms with van der Waals surface area (Å²) in [6.45, 7) is 1.23. The second kappa shape index (κ2) is 9.49. The molecule has 0 aliphatic heterocycles. The molecule has 0 spiro atoms. The molecule has 0 aliphatic carbocycles. The zero-order valence-electron chi connectivity index (χ0n) is 13.4. The van der Waals surface area contributed by atoms with Crippen LogP contribution in [0.15, 0.2) is 47.1 Å². The number of carbonyl (C=O) groups is 2. The average Bonchev–Trinajstić information content (AvgIpc) is 3.13. The van der Waals surface area contributed by atoms with Gasteiger partial charge < -0.3 is 24.5 Å². The highest BCUT2D eigenvalue weighted by atomic mass is 16.5. The van der Waals surface area contributed by atoms with Crippen LogP contribution in [0.2, 0.25) is 0 Å². The molecular weight excluding hydrogens is 312 g/mol. The zero-order valence-corrected chi connectivity index (χ0v) is 13.4. The van der Waals surface area contributed by atoms with Crippen molar-refractivity contribution in [3.05, 3.63) is 54.0 Å². The summed E-state index contributed by atoms with van der Waals surface area (Å²) in [5, 5.41) is 5.48. The van der Waals surface area contributed by atoms with E-state index in [1.54, 1.807) is 31.4 Å². The number of hydrogen-bond acceptors (Lipinski definition) is 5. The smallest absolute Gasteiger partial charge is 0.291 e. The highest BCUT2D eigenvalue weighted by molar-refractivity contribution is 6.02. The van der Waals surface area contributed by atoms with Gasteiger partial charge in [-0.1, -0.05) is 12.1 Å². The fraction of sp³-hybridized carbons (Fsp3) is 0.294. The Balaban J connectivity index is 1.73. The second-order valence-corrected chi connectivity index (χ2v) is 4.95. The molecule has 24 heavy (non-hydrogen) atoms. The number of rotatable bonds is 9. The van der Waals surface area contributed by atoms with Gasteiger partial charge in [0.25, 0.3) is 5.91 Å². The predicted octanol–water partition coefficient (Wildman–Crippen LogP) is 1.81. The number of methoxy groups -OCH3 is 1. The molecule has 7 nitrogen and oxygen atoms in total. The number of nitrogens with one attached hydrogen (secondary N) is 2. The third-order valence-corrected chi connectivity index (χ3v) is 3.11. The number of hydrogen-bond donors (Lipinski definition) is 2. The molecule has 128 valence electrons. The van der Waals surface area contributed by atoms with Gasteiger partial charge in [0.15, 0.2) is 5.76 Å². The molecule has 0 bridgehead atoms. The summed E-state index contributed by atoms with van der Waals surface area (Å²) in [7, 11) is 1.57. The van der Waals surface area contributed by atoms with Crippen molar-refractivity contribution in [1.82, 2.24) is 5.32 Å². The molecular formula is C17H20N2O5. The van der Waals surface area contributed by atoms with Gasteiger partial charge in [-0.15, -0.1) is 0 Å². The van der Waals surface area contributed by atoms with Crippen LogP contribution in [0.25, 0.3) is 0 Å². The Morgan fingerprint density at radius 3 is 2.58 bits per heavy atom. The Morgan fingerprint density at radius 2 is 1.92 bits per heavy atom. The maximum atomic E-state index is 11.8. The van der Waals surface area contributed by atoms with Crippen LogP contribution in [-0.2, 0) is 20.8 Å². The molecule has 2 rings (SSSR count). The summed E-state index contributed by atoms with van der Waals surface area (Å²) in [6.07, 6.45) is 1.44. The first-order valence-corrected chi connectivity index (χ1v) is 7.46. The largest absolute Gasteiger partial charge is 0.459 e. The molecule has 2 N–H and O–H groups in total. The molecule has 0 fully saturated rings. The fourth-order valence-electron chi connectivity index (χ4n) is 1.87. The summed E-state index contributed by atoms with van der Waals surface area (Å²) in [5.41, 5.74) is 1.56. The lowest BCUT2D eigenvalue weighted by Gasteiger charge is -2.08. The van der Waals surface area contributed by atoms with E-state index in [1.807, 2.05) is 12.1 Å². The summed E-state index contributed by atoms with van der Waals surface area (Å²) < 4.78 is 15.0. The van der Waals surface area contributed by atoms with Gasteiger partial charge >= 0.3 is 0 Å². The molecule has 1 aromatic heterocycles. The lowest BCUT2D eigenvalue weighted by molar-refractivity contribution is -0.126. The van der Waals surface area contributed by atoms with E-state index in [2.05, 4.69) is 10.6 Å². The van der Waals surface area contributed by atoms with Gasteiger partial charge in [0.1, 0.15) is 6.61 Å². The van der Waals surface area contributed by atoms with Gasteiger partial charge in [0, 0.05) is 19.3 Å². The van der Waals surface area contributed by atoms with Crippen molar-refractivity contribution >= 4 is 17.5 Å². The van der Waals surface area contributed by atoms with Crippen molar-refractivity contribution in [2.45, 2.75) is 6.54 Å². The molecule has 0 aliphatic rings. The molecule has 2 aromatic rings. The van der Waals surface area contributed by atoms with E-state index in [9.17, 15) is 9.59 Å². The minimum Gasteiger partial charge on any atom is -0.459 e. The van der Waals surface area contributed by atoms with Crippen LogP contribution >= 0.6 is 0 Å². The SMILES string of the molecule is COCCOCC(=O)NCc1ccc(NC(=O)c2ccco2)cc1. The van der Waals surface area contributed by atoms with E-state index in [0.717, 1.165) is 5.56 Å². The van der Waals surface area contributed by atoms with E-state index in [-0.39, 0.29) is 24.2 Å². The summed E-state index contributed by atoms with van der Waals surface area (Å²) in [4.78, 5) is 23.4. The van der Waals surface area contributed by atoms with Crippen LogP contribution in [0, 0.1) is 0 Å². The van der Waals surface area contributed by atoms with Crippen LogP contribution in [0.1, 0.15) is 16.1 Å². The first kappa shape index (κ1) is 17.7. The third kappa shape index (κ3) is 5.86. The van der Waals surface area contributed by atoms with Crippen LogP contribution in [-0.4, -0.2) is 38.7 Å². The predicted molar refractivity (Wildman–Crippen MR) is 87.6 cm³/mol. The van der Waals surface area contributed by atoms with E-state index >= 15 is 0 Å². The highest BCUT2D eigenvalue weighted by Gasteiger charge is 2.08. The number of ether oxygens (including phenoxy) is 2. The van der Waals surface area contributed by atoms with Crippen molar-refractivity contribution in [2.75, 3.05) is 32.2 Å². The number of benzene rings is 1. The monoisotopic (exact) mass is 332 g/mol. The molecule has 1 heterocycles. The van der Waals surface area contributed by atoms with Gasteiger partial charge in [-0.3, -0.25) is 9.59 Å². The van der Waals surface area contributed by atoms with E-state index < -0.39 is 0 Å². The lowest BCUT2D eigenvalue weighted by atomic mass is 10.2. The summed E-state index contributed by atoms with van der Waals surface area (Å²) in [6, 6.07) is 10.4. The van der Waals surface area contributed by atoms with Crippen molar-refractivity contribution in [2.24, 2.45) is 0 Å². The van der Waals surface area contributed by atoms with Gasteiger partial charge in [-0.2, -0.15) is 0 Å². The van der Waals surface area contributed by atoms with E-state index in [4.69, 9.17) is 13.9 Å². The molecule has 0 atom stereocenters. The fourth-order valence-corrected chi connectivity index (χ4v) is 1.87.